The third-order valence-electron chi connectivity index (χ3n) is 5.44. The minimum absolute atomic E-state index is 0.908. The average Bonchev–Trinajstić information content (AvgIpc) is 3.27. The van der Waals surface area contributed by atoms with Crippen molar-refractivity contribution >= 4 is 11.1 Å². The Labute approximate surface area is 181 Å². The zero-order valence-corrected chi connectivity index (χ0v) is 18.5. The van der Waals surface area contributed by atoms with Gasteiger partial charge in [-0.25, -0.2) is 0 Å². The van der Waals surface area contributed by atoms with E-state index in [9.17, 15) is 0 Å². The lowest BCUT2D eigenvalue weighted by Gasteiger charge is -2.13. The number of hydrogen-bond donors (Lipinski definition) is 1. The first kappa shape index (κ1) is 21.4. The van der Waals surface area contributed by atoms with Crippen LogP contribution in [-0.4, -0.2) is 0 Å². The van der Waals surface area contributed by atoms with Gasteiger partial charge < -0.3 is 5.32 Å². The molecule has 152 valence electrons. The Hall–Kier alpha value is -3.32. The van der Waals surface area contributed by atoms with Gasteiger partial charge in [0.15, 0.2) is 0 Å². The first-order chi connectivity index (χ1) is 14.3. The van der Waals surface area contributed by atoms with Crippen LogP contribution in [0.2, 0.25) is 0 Å². The molecule has 0 aliphatic heterocycles. The molecule has 0 amide bonds. The van der Waals surface area contributed by atoms with E-state index >= 15 is 0 Å². The molecule has 1 N–H and O–H groups in total. The summed E-state index contributed by atoms with van der Waals surface area (Å²) in [6, 6.07) is 17.7. The molecular formula is C29H31N. The summed E-state index contributed by atoms with van der Waals surface area (Å²) in [5.41, 5.74) is 11.7. The summed E-state index contributed by atoms with van der Waals surface area (Å²) in [7, 11) is 0. The standard InChI is InChI=1S/C29H31N/c1-20(2)29(30-21(3)4)19-22(5)23(6)24-11-13-27(14-12-24)28-17-15-26(16-18-28)25-9-7-8-10-25/h7-9,11-19,30H,1,3,10H2,2,4-6H3/b23-22+,29-19+. The predicted octanol–water partition coefficient (Wildman–Crippen LogP) is 8.07. The van der Waals surface area contributed by atoms with E-state index in [1.165, 1.54) is 39.0 Å². The number of benzene rings is 2. The van der Waals surface area contributed by atoms with Crippen molar-refractivity contribution < 1.29 is 0 Å². The molecule has 3 rings (SSSR count). The molecule has 1 nitrogen and oxygen atoms in total. The Morgan fingerprint density at radius 2 is 1.40 bits per heavy atom. The van der Waals surface area contributed by atoms with Gasteiger partial charge in [-0.2, -0.15) is 0 Å². The third-order valence-corrected chi connectivity index (χ3v) is 5.44. The van der Waals surface area contributed by atoms with E-state index < -0.39 is 0 Å². The first-order valence-corrected chi connectivity index (χ1v) is 10.4. The molecule has 0 spiro atoms. The van der Waals surface area contributed by atoms with Crippen molar-refractivity contribution in [3.63, 3.8) is 0 Å². The smallest absolute Gasteiger partial charge is 0.0408 e. The summed E-state index contributed by atoms with van der Waals surface area (Å²) in [5.74, 6) is 0. The van der Waals surface area contributed by atoms with Gasteiger partial charge >= 0.3 is 0 Å². The lowest BCUT2D eigenvalue weighted by Crippen LogP contribution is -2.10. The van der Waals surface area contributed by atoms with Crippen LogP contribution in [0.5, 0.6) is 0 Å². The molecule has 0 radical (unpaired) electrons. The summed E-state index contributed by atoms with van der Waals surface area (Å²) < 4.78 is 0. The van der Waals surface area contributed by atoms with E-state index in [0.29, 0.717) is 0 Å². The van der Waals surface area contributed by atoms with Crippen LogP contribution in [0.15, 0.2) is 109 Å². The summed E-state index contributed by atoms with van der Waals surface area (Å²) in [6.45, 7) is 16.3. The molecule has 0 fully saturated rings. The quantitative estimate of drug-likeness (QED) is 0.469. The molecule has 0 atom stereocenters. The topological polar surface area (TPSA) is 12.0 Å². The minimum Gasteiger partial charge on any atom is -0.360 e. The Kier molecular flexibility index (Phi) is 6.74. The van der Waals surface area contributed by atoms with Crippen LogP contribution in [0, 0.1) is 0 Å². The van der Waals surface area contributed by atoms with Gasteiger partial charge in [-0.1, -0.05) is 79.9 Å². The second-order valence-electron chi connectivity index (χ2n) is 8.03. The van der Waals surface area contributed by atoms with Crippen molar-refractivity contribution in [3.8, 4) is 11.1 Å². The number of nitrogens with one attached hydrogen (secondary N) is 1. The van der Waals surface area contributed by atoms with Crippen molar-refractivity contribution in [2.45, 2.75) is 34.1 Å². The Morgan fingerprint density at radius 1 is 0.833 bits per heavy atom. The van der Waals surface area contributed by atoms with E-state index in [1.54, 1.807) is 0 Å². The highest BCUT2D eigenvalue weighted by Crippen LogP contribution is 2.28. The van der Waals surface area contributed by atoms with Crippen molar-refractivity contribution in [2.24, 2.45) is 0 Å². The molecule has 0 bridgehead atoms. The highest BCUT2D eigenvalue weighted by atomic mass is 14.9. The van der Waals surface area contributed by atoms with Crippen LogP contribution in [0.3, 0.4) is 0 Å². The number of rotatable bonds is 7. The molecule has 2 aromatic carbocycles. The highest BCUT2D eigenvalue weighted by Gasteiger charge is 2.06. The Balaban J connectivity index is 1.81. The maximum atomic E-state index is 4.07. The lowest BCUT2D eigenvalue weighted by atomic mass is 9.96. The summed E-state index contributed by atoms with van der Waals surface area (Å²) in [4.78, 5) is 0. The van der Waals surface area contributed by atoms with E-state index in [2.05, 4.69) is 105 Å². The zero-order valence-electron chi connectivity index (χ0n) is 18.5. The predicted molar refractivity (Wildman–Crippen MR) is 133 cm³/mol. The number of allylic oxidation sites excluding steroid dienone is 9. The van der Waals surface area contributed by atoms with Gasteiger partial charge in [0.25, 0.3) is 0 Å². The molecule has 0 heterocycles. The fourth-order valence-corrected chi connectivity index (χ4v) is 3.50. The van der Waals surface area contributed by atoms with Crippen LogP contribution >= 0.6 is 0 Å². The second-order valence-corrected chi connectivity index (χ2v) is 8.03. The fraction of sp³-hybridized carbons (Fsp3) is 0.172. The van der Waals surface area contributed by atoms with Gasteiger partial charge in [0.1, 0.15) is 0 Å². The van der Waals surface area contributed by atoms with Gasteiger partial charge in [0.05, 0.1) is 0 Å². The van der Waals surface area contributed by atoms with Gasteiger partial charge in [0, 0.05) is 11.4 Å². The second kappa shape index (κ2) is 9.45. The molecular weight excluding hydrogens is 362 g/mol. The van der Waals surface area contributed by atoms with Crippen molar-refractivity contribution in [2.75, 3.05) is 0 Å². The Morgan fingerprint density at radius 3 is 1.90 bits per heavy atom. The van der Waals surface area contributed by atoms with Crippen LogP contribution in [0.4, 0.5) is 0 Å². The fourth-order valence-electron chi connectivity index (χ4n) is 3.50. The monoisotopic (exact) mass is 393 g/mol. The van der Waals surface area contributed by atoms with Crippen LogP contribution < -0.4 is 5.32 Å². The van der Waals surface area contributed by atoms with E-state index in [1.807, 2.05) is 13.8 Å². The van der Waals surface area contributed by atoms with Crippen molar-refractivity contribution in [1.82, 2.24) is 5.32 Å². The van der Waals surface area contributed by atoms with Gasteiger partial charge in [0.2, 0.25) is 0 Å². The molecule has 0 aromatic heterocycles. The summed E-state index contributed by atoms with van der Waals surface area (Å²) >= 11 is 0. The lowest BCUT2D eigenvalue weighted by molar-refractivity contribution is 0.982. The van der Waals surface area contributed by atoms with Gasteiger partial charge in [-0.05, 0) is 84.7 Å². The molecule has 1 aliphatic carbocycles. The highest BCUT2D eigenvalue weighted by molar-refractivity contribution is 5.75. The number of hydrogen-bond acceptors (Lipinski definition) is 1. The molecule has 1 aliphatic rings. The van der Waals surface area contributed by atoms with Crippen molar-refractivity contribution in [3.05, 3.63) is 120 Å². The van der Waals surface area contributed by atoms with Crippen LogP contribution in [-0.2, 0) is 0 Å². The molecule has 2 aromatic rings. The third kappa shape index (κ3) is 5.18. The van der Waals surface area contributed by atoms with Crippen LogP contribution in [0.1, 0.15) is 45.2 Å². The summed E-state index contributed by atoms with van der Waals surface area (Å²) in [5, 5.41) is 3.30. The SMILES string of the molecule is C=C(C)N/C(=C/C(C)=C(\C)c1ccc(-c2ccc(C3=CC=CC3)cc2)cc1)C(=C)C. The normalized spacial score (nSPS) is 14.3. The molecule has 0 saturated carbocycles. The van der Waals surface area contributed by atoms with E-state index in [0.717, 1.165) is 23.4 Å². The minimum atomic E-state index is 0.908. The summed E-state index contributed by atoms with van der Waals surface area (Å²) in [6.07, 6.45) is 9.70. The Bertz CT molecular complexity index is 1070. The van der Waals surface area contributed by atoms with E-state index in [4.69, 9.17) is 0 Å². The van der Waals surface area contributed by atoms with E-state index in [-0.39, 0.29) is 0 Å². The zero-order chi connectivity index (χ0) is 21.7. The average molecular weight is 394 g/mol. The van der Waals surface area contributed by atoms with Gasteiger partial charge in [-0.3, -0.25) is 0 Å². The molecule has 0 saturated heterocycles. The van der Waals surface area contributed by atoms with Gasteiger partial charge in [-0.15, -0.1) is 0 Å². The maximum Gasteiger partial charge on any atom is 0.0408 e. The molecule has 30 heavy (non-hydrogen) atoms. The largest absolute Gasteiger partial charge is 0.360 e. The van der Waals surface area contributed by atoms with Crippen molar-refractivity contribution in [1.29, 1.82) is 0 Å². The van der Waals surface area contributed by atoms with Crippen LogP contribution in [0.25, 0.3) is 22.3 Å². The first-order valence-electron chi connectivity index (χ1n) is 10.4. The molecule has 1 heteroatoms. The maximum absolute atomic E-state index is 4.07. The molecule has 0 unspecified atom stereocenters.